The average molecular weight is 323 g/mol. The van der Waals surface area contributed by atoms with Crippen molar-refractivity contribution in [1.82, 2.24) is 14.5 Å². The van der Waals surface area contributed by atoms with Crippen LogP contribution in [-0.4, -0.2) is 14.5 Å². The molecule has 106 valence electrons. The summed E-state index contributed by atoms with van der Waals surface area (Å²) >= 11 is 11.7. The highest BCUT2D eigenvalue weighted by Gasteiger charge is 2.13. The molecule has 0 atom stereocenters. The molecule has 2 N–H and O–H groups in total. The first kappa shape index (κ1) is 13.9. The highest BCUT2D eigenvalue weighted by atomic mass is 35.5. The largest absolute Gasteiger partial charge is 0.398 e. The Bertz CT molecular complexity index is 793. The second-order valence-electron chi connectivity index (χ2n) is 4.34. The first-order chi connectivity index (χ1) is 10.1. The SMILES string of the molecule is Nc1ccncc1-c1cncn1-c1cc(Cl)c(F)c(Cl)c1. The maximum Gasteiger partial charge on any atom is 0.160 e. The van der Waals surface area contributed by atoms with E-state index < -0.39 is 5.82 Å². The summed E-state index contributed by atoms with van der Waals surface area (Å²) in [6.07, 6.45) is 6.45. The quantitative estimate of drug-likeness (QED) is 0.726. The lowest BCUT2D eigenvalue weighted by molar-refractivity contribution is 0.628. The van der Waals surface area contributed by atoms with Crippen LogP contribution in [0.3, 0.4) is 0 Å². The van der Waals surface area contributed by atoms with E-state index in [1.807, 2.05) is 0 Å². The third-order valence-corrected chi connectivity index (χ3v) is 3.57. The molecule has 2 heterocycles. The second kappa shape index (κ2) is 5.35. The molecule has 0 aliphatic carbocycles. The number of rotatable bonds is 2. The zero-order valence-corrected chi connectivity index (χ0v) is 12.1. The molecule has 1 aromatic carbocycles. The van der Waals surface area contributed by atoms with Crippen molar-refractivity contribution in [3.8, 4) is 16.9 Å². The minimum Gasteiger partial charge on any atom is -0.398 e. The number of benzene rings is 1. The van der Waals surface area contributed by atoms with E-state index in [1.54, 1.807) is 35.6 Å². The van der Waals surface area contributed by atoms with Crippen LogP contribution in [0.25, 0.3) is 16.9 Å². The molecule has 0 aliphatic rings. The van der Waals surface area contributed by atoms with Crippen molar-refractivity contribution in [2.45, 2.75) is 0 Å². The molecule has 0 fully saturated rings. The Hall–Kier alpha value is -2.11. The molecule has 7 heteroatoms. The van der Waals surface area contributed by atoms with Crippen LogP contribution in [0.4, 0.5) is 10.1 Å². The van der Waals surface area contributed by atoms with Gasteiger partial charge in [-0.05, 0) is 18.2 Å². The zero-order chi connectivity index (χ0) is 15.0. The lowest BCUT2D eigenvalue weighted by Crippen LogP contribution is -1.99. The number of nitrogens with two attached hydrogens (primary N) is 1. The summed E-state index contributed by atoms with van der Waals surface area (Å²) in [4.78, 5) is 8.15. The molecule has 3 rings (SSSR count). The number of pyridine rings is 1. The van der Waals surface area contributed by atoms with E-state index in [-0.39, 0.29) is 10.0 Å². The van der Waals surface area contributed by atoms with E-state index >= 15 is 0 Å². The summed E-state index contributed by atoms with van der Waals surface area (Å²) in [5.74, 6) is -0.648. The predicted octanol–water partition coefficient (Wildman–Crippen LogP) is 3.96. The normalized spacial score (nSPS) is 10.8. The second-order valence-corrected chi connectivity index (χ2v) is 5.15. The van der Waals surface area contributed by atoms with Crippen molar-refractivity contribution in [3.63, 3.8) is 0 Å². The van der Waals surface area contributed by atoms with E-state index in [1.165, 1.54) is 12.1 Å². The Morgan fingerprint density at radius 2 is 1.81 bits per heavy atom. The first-order valence-electron chi connectivity index (χ1n) is 5.95. The van der Waals surface area contributed by atoms with Gasteiger partial charge in [0.2, 0.25) is 0 Å². The summed E-state index contributed by atoms with van der Waals surface area (Å²) in [7, 11) is 0. The average Bonchev–Trinajstić information content (AvgIpc) is 2.94. The highest BCUT2D eigenvalue weighted by Crippen LogP contribution is 2.31. The van der Waals surface area contributed by atoms with Gasteiger partial charge in [-0.1, -0.05) is 23.2 Å². The molecule has 21 heavy (non-hydrogen) atoms. The van der Waals surface area contributed by atoms with Crippen LogP contribution in [0.2, 0.25) is 10.0 Å². The van der Waals surface area contributed by atoms with Gasteiger partial charge in [-0.3, -0.25) is 9.55 Å². The van der Waals surface area contributed by atoms with Gasteiger partial charge in [0.05, 0.1) is 34.0 Å². The predicted molar refractivity (Wildman–Crippen MR) is 81.2 cm³/mol. The first-order valence-corrected chi connectivity index (χ1v) is 6.70. The van der Waals surface area contributed by atoms with Crippen molar-refractivity contribution in [1.29, 1.82) is 0 Å². The van der Waals surface area contributed by atoms with Gasteiger partial charge in [0, 0.05) is 23.6 Å². The van der Waals surface area contributed by atoms with Crippen LogP contribution in [0.5, 0.6) is 0 Å². The van der Waals surface area contributed by atoms with Gasteiger partial charge in [-0.2, -0.15) is 0 Å². The topological polar surface area (TPSA) is 56.7 Å². The lowest BCUT2D eigenvalue weighted by Gasteiger charge is -2.11. The van der Waals surface area contributed by atoms with Crippen LogP contribution in [-0.2, 0) is 0 Å². The fourth-order valence-corrected chi connectivity index (χ4v) is 2.48. The van der Waals surface area contributed by atoms with E-state index in [2.05, 4.69) is 9.97 Å². The van der Waals surface area contributed by atoms with Gasteiger partial charge in [0.25, 0.3) is 0 Å². The molecule has 0 unspecified atom stereocenters. The number of halogens is 3. The maximum absolute atomic E-state index is 13.5. The molecule has 2 aromatic heterocycles. The summed E-state index contributed by atoms with van der Waals surface area (Å²) in [5, 5.41) is -0.118. The Morgan fingerprint density at radius 3 is 2.48 bits per heavy atom. The van der Waals surface area contributed by atoms with E-state index in [0.29, 0.717) is 22.6 Å². The molecule has 0 aliphatic heterocycles. The summed E-state index contributed by atoms with van der Waals surface area (Å²) < 4.78 is 15.2. The zero-order valence-electron chi connectivity index (χ0n) is 10.6. The van der Waals surface area contributed by atoms with E-state index in [0.717, 1.165) is 0 Å². The molecular formula is C14H9Cl2FN4. The monoisotopic (exact) mass is 322 g/mol. The van der Waals surface area contributed by atoms with Crippen LogP contribution >= 0.6 is 23.2 Å². The van der Waals surface area contributed by atoms with Gasteiger partial charge in [0.15, 0.2) is 5.82 Å². The van der Waals surface area contributed by atoms with Crippen molar-refractivity contribution in [3.05, 3.63) is 59.0 Å². The van der Waals surface area contributed by atoms with Gasteiger partial charge in [-0.15, -0.1) is 0 Å². The number of hydrogen-bond donors (Lipinski definition) is 1. The molecule has 0 saturated heterocycles. The Kier molecular flexibility index (Phi) is 3.53. The van der Waals surface area contributed by atoms with Crippen LogP contribution in [0.15, 0.2) is 43.1 Å². The number of hydrogen-bond acceptors (Lipinski definition) is 3. The minimum atomic E-state index is -0.648. The number of aromatic nitrogens is 3. The Morgan fingerprint density at radius 1 is 1.10 bits per heavy atom. The maximum atomic E-state index is 13.5. The smallest absolute Gasteiger partial charge is 0.160 e. The van der Waals surface area contributed by atoms with Crippen molar-refractivity contribution < 1.29 is 4.39 Å². The van der Waals surface area contributed by atoms with Crippen molar-refractivity contribution in [2.24, 2.45) is 0 Å². The third kappa shape index (κ3) is 2.46. The highest BCUT2D eigenvalue weighted by molar-refractivity contribution is 6.35. The summed E-state index contributed by atoms with van der Waals surface area (Å²) in [6.45, 7) is 0. The Balaban J connectivity index is 2.18. The summed E-state index contributed by atoms with van der Waals surface area (Å²) in [6, 6.07) is 4.64. The molecule has 0 radical (unpaired) electrons. The number of anilines is 1. The van der Waals surface area contributed by atoms with Crippen LogP contribution in [0, 0.1) is 5.82 Å². The molecule has 0 saturated carbocycles. The van der Waals surface area contributed by atoms with E-state index in [9.17, 15) is 4.39 Å². The van der Waals surface area contributed by atoms with Gasteiger partial charge in [-0.25, -0.2) is 9.37 Å². The van der Waals surface area contributed by atoms with Crippen molar-refractivity contribution >= 4 is 28.9 Å². The standard InChI is InChI=1S/C14H9Cl2FN4/c15-10-3-8(4-11(16)14(10)17)21-7-20-6-13(21)9-5-19-2-1-12(9)18/h1-7H,(H2,18,19). The number of nitrogens with zero attached hydrogens (tertiary/aromatic N) is 3. The summed E-state index contributed by atoms with van der Waals surface area (Å²) in [5.41, 5.74) is 8.52. The number of imidazole rings is 1. The van der Waals surface area contributed by atoms with Crippen LogP contribution < -0.4 is 5.73 Å². The lowest BCUT2D eigenvalue weighted by atomic mass is 10.2. The minimum absolute atomic E-state index is 0.0590. The van der Waals surface area contributed by atoms with Gasteiger partial charge in [0.1, 0.15) is 0 Å². The van der Waals surface area contributed by atoms with E-state index in [4.69, 9.17) is 28.9 Å². The third-order valence-electron chi connectivity index (χ3n) is 3.02. The Labute approximate surface area is 130 Å². The van der Waals surface area contributed by atoms with Gasteiger partial charge < -0.3 is 5.73 Å². The van der Waals surface area contributed by atoms with Crippen LogP contribution in [0.1, 0.15) is 0 Å². The number of nitrogen functional groups attached to an aromatic ring is 1. The molecule has 0 spiro atoms. The van der Waals surface area contributed by atoms with Crippen molar-refractivity contribution in [2.75, 3.05) is 5.73 Å². The fourth-order valence-electron chi connectivity index (χ4n) is 2.00. The molecule has 0 bridgehead atoms. The molecule has 0 amide bonds. The molecule has 3 aromatic rings. The molecular weight excluding hydrogens is 314 g/mol. The fraction of sp³-hybridized carbons (Fsp3) is 0. The molecule has 4 nitrogen and oxygen atoms in total. The van der Waals surface area contributed by atoms with Gasteiger partial charge >= 0.3 is 0 Å².